The molecule has 2 heterocycles. The zero-order valence-corrected chi connectivity index (χ0v) is 16.5. The largest absolute Gasteiger partial charge is 0.469 e. The van der Waals surface area contributed by atoms with Crippen molar-refractivity contribution < 1.29 is 19.1 Å². The van der Waals surface area contributed by atoms with Gasteiger partial charge in [-0.15, -0.1) is 11.3 Å². The fourth-order valence-electron chi connectivity index (χ4n) is 2.95. The lowest BCUT2D eigenvalue weighted by atomic mass is 10.1. The number of hydrogen-bond acceptors (Lipinski definition) is 7. The third-order valence-corrected chi connectivity index (χ3v) is 5.23. The lowest BCUT2D eigenvalue weighted by Gasteiger charge is -2.33. The van der Waals surface area contributed by atoms with Crippen molar-refractivity contribution >= 4 is 34.3 Å². The number of carbonyl (C=O) groups excluding carboxylic acids is 3. The molecular weight excluding hydrogens is 380 g/mol. The van der Waals surface area contributed by atoms with Gasteiger partial charge in [-0.2, -0.15) is 0 Å². The number of anilines is 1. The Morgan fingerprint density at radius 3 is 2.82 bits per heavy atom. The van der Waals surface area contributed by atoms with E-state index in [9.17, 15) is 14.4 Å². The van der Waals surface area contributed by atoms with E-state index in [1.807, 2.05) is 36.6 Å². The van der Waals surface area contributed by atoms with Crippen LogP contribution in [0.4, 0.5) is 5.13 Å². The molecule has 0 aliphatic carbocycles. The number of amides is 2. The number of aryl methyl sites for hydroxylation is 1. The first-order valence-corrected chi connectivity index (χ1v) is 9.75. The van der Waals surface area contributed by atoms with E-state index in [0.29, 0.717) is 18.2 Å². The number of methoxy groups -OCH3 is 1. The van der Waals surface area contributed by atoms with Crippen molar-refractivity contribution in [3.05, 3.63) is 35.2 Å². The highest BCUT2D eigenvalue weighted by atomic mass is 32.1. The quantitative estimate of drug-likeness (QED) is 0.709. The highest BCUT2D eigenvalue weighted by Crippen LogP contribution is 2.25. The van der Waals surface area contributed by atoms with Gasteiger partial charge in [0.2, 0.25) is 11.8 Å². The summed E-state index contributed by atoms with van der Waals surface area (Å²) in [6, 6.07) is 7.27. The van der Waals surface area contributed by atoms with Gasteiger partial charge < -0.3 is 15.4 Å². The molecule has 1 aliphatic rings. The van der Waals surface area contributed by atoms with E-state index in [1.54, 1.807) is 4.90 Å². The van der Waals surface area contributed by atoms with Crippen LogP contribution in [-0.2, 0) is 19.1 Å². The van der Waals surface area contributed by atoms with Gasteiger partial charge in [-0.1, -0.05) is 29.8 Å². The van der Waals surface area contributed by atoms with Crippen LogP contribution in [0.15, 0.2) is 29.6 Å². The van der Waals surface area contributed by atoms with Crippen LogP contribution in [0.2, 0.25) is 0 Å². The number of hydrogen-bond donors (Lipinski definition) is 2. The Hall–Kier alpha value is -2.78. The number of thiazole rings is 1. The zero-order chi connectivity index (χ0) is 20.1. The molecule has 1 aliphatic heterocycles. The van der Waals surface area contributed by atoms with Crippen LogP contribution < -0.4 is 10.6 Å². The van der Waals surface area contributed by atoms with Gasteiger partial charge in [0.15, 0.2) is 5.13 Å². The normalized spacial score (nSPS) is 17.1. The summed E-state index contributed by atoms with van der Waals surface area (Å²) >= 11 is 1.34. The minimum absolute atomic E-state index is 0.00543. The average Bonchev–Trinajstić information content (AvgIpc) is 3.13. The van der Waals surface area contributed by atoms with Crippen LogP contribution >= 0.6 is 11.3 Å². The van der Waals surface area contributed by atoms with Crippen molar-refractivity contribution in [3.63, 3.8) is 0 Å². The van der Waals surface area contributed by atoms with Gasteiger partial charge in [-0.05, 0) is 6.92 Å². The summed E-state index contributed by atoms with van der Waals surface area (Å²) < 4.78 is 4.65. The number of esters is 1. The van der Waals surface area contributed by atoms with E-state index < -0.39 is 12.0 Å². The molecule has 0 radical (unpaired) electrons. The molecule has 1 atom stereocenters. The molecular formula is C19H22N4O4S. The Morgan fingerprint density at radius 1 is 1.36 bits per heavy atom. The summed E-state index contributed by atoms with van der Waals surface area (Å²) in [6.07, 6.45) is -0.0928. The maximum Gasteiger partial charge on any atom is 0.307 e. The van der Waals surface area contributed by atoms with E-state index in [4.69, 9.17) is 0 Å². The Morgan fingerprint density at radius 2 is 2.11 bits per heavy atom. The summed E-state index contributed by atoms with van der Waals surface area (Å²) in [5.41, 5.74) is 2.94. The second kappa shape index (κ2) is 8.94. The van der Waals surface area contributed by atoms with E-state index in [1.165, 1.54) is 24.0 Å². The van der Waals surface area contributed by atoms with Crippen molar-refractivity contribution in [3.8, 4) is 11.3 Å². The number of aromatic nitrogens is 1. The fourth-order valence-corrected chi connectivity index (χ4v) is 3.68. The van der Waals surface area contributed by atoms with E-state index >= 15 is 0 Å². The van der Waals surface area contributed by atoms with Crippen molar-refractivity contribution in [2.75, 3.05) is 32.1 Å². The first-order chi connectivity index (χ1) is 13.5. The Labute approximate surface area is 166 Å². The van der Waals surface area contributed by atoms with E-state index in [2.05, 4.69) is 20.4 Å². The molecule has 8 nitrogen and oxygen atoms in total. The minimum atomic E-state index is -0.716. The number of piperazine rings is 1. The highest BCUT2D eigenvalue weighted by Gasteiger charge is 2.33. The summed E-state index contributed by atoms with van der Waals surface area (Å²) in [5.74, 6) is -1.05. The van der Waals surface area contributed by atoms with Gasteiger partial charge >= 0.3 is 5.97 Å². The number of rotatable bonds is 6. The maximum absolute atomic E-state index is 12.4. The number of ether oxygens (including phenoxy) is 1. The topological polar surface area (TPSA) is 101 Å². The third kappa shape index (κ3) is 4.93. The molecule has 1 fully saturated rings. The van der Waals surface area contributed by atoms with E-state index in [0.717, 1.165) is 11.3 Å². The highest BCUT2D eigenvalue weighted by molar-refractivity contribution is 7.14. The number of nitrogens with one attached hydrogen (secondary N) is 2. The van der Waals surface area contributed by atoms with Gasteiger partial charge in [0, 0.05) is 24.0 Å². The second-order valence-electron chi connectivity index (χ2n) is 6.51. The van der Waals surface area contributed by atoms with Crippen LogP contribution in [-0.4, -0.2) is 60.5 Å². The SMILES string of the molecule is COC(=O)CC1C(=O)NCCN1CC(=O)Nc1nc(-c2ccc(C)cc2)cs1. The number of carbonyl (C=O) groups is 3. The second-order valence-corrected chi connectivity index (χ2v) is 7.37. The molecule has 148 valence electrons. The molecule has 9 heteroatoms. The van der Waals surface area contributed by atoms with Crippen molar-refractivity contribution in [1.82, 2.24) is 15.2 Å². The van der Waals surface area contributed by atoms with Crippen LogP contribution in [0.3, 0.4) is 0 Å². The third-order valence-electron chi connectivity index (χ3n) is 4.47. The molecule has 28 heavy (non-hydrogen) atoms. The fraction of sp³-hybridized carbons (Fsp3) is 0.368. The molecule has 3 rings (SSSR count). The van der Waals surface area contributed by atoms with Crippen LogP contribution in [0.25, 0.3) is 11.3 Å². The number of benzene rings is 1. The first kappa shape index (κ1) is 20.0. The molecule has 1 aromatic carbocycles. The lowest BCUT2D eigenvalue weighted by Crippen LogP contribution is -2.57. The van der Waals surface area contributed by atoms with E-state index in [-0.39, 0.29) is 24.8 Å². The van der Waals surface area contributed by atoms with Crippen LogP contribution in [0.1, 0.15) is 12.0 Å². The molecule has 0 spiro atoms. The van der Waals surface area contributed by atoms with Crippen LogP contribution in [0.5, 0.6) is 0 Å². The Balaban J connectivity index is 1.62. The average molecular weight is 402 g/mol. The molecule has 2 amide bonds. The van der Waals surface area contributed by atoms with Crippen LogP contribution in [0, 0.1) is 6.92 Å². The monoisotopic (exact) mass is 402 g/mol. The smallest absolute Gasteiger partial charge is 0.307 e. The Kier molecular flexibility index (Phi) is 6.37. The van der Waals surface area contributed by atoms with Crippen molar-refractivity contribution in [1.29, 1.82) is 0 Å². The molecule has 0 bridgehead atoms. The number of nitrogens with zero attached hydrogens (tertiary/aromatic N) is 2. The van der Waals surface area contributed by atoms with Gasteiger partial charge in [0.1, 0.15) is 6.04 Å². The molecule has 0 saturated carbocycles. The summed E-state index contributed by atoms with van der Waals surface area (Å²) in [5, 5.41) is 7.86. The van der Waals surface area contributed by atoms with Crippen molar-refractivity contribution in [2.24, 2.45) is 0 Å². The standard InChI is InChI=1S/C19H22N4O4S/c1-12-3-5-13(6-4-12)14-11-28-19(21-14)22-16(24)10-23-8-7-20-18(26)15(23)9-17(25)27-2/h3-6,11,15H,7-10H2,1-2H3,(H,20,26)(H,21,22,24). The minimum Gasteiger partial charge on any atom is -0.469 e. The van der Waals surface area contributed by atoms with Gasteiger partial charge in [-0.25, -0.2) is 4.98 Å². The predicted molar refractivity (Wildman–Crippen MR) is 106 cm³/mol. The molecule has 1 unspecified atom stereocenters. The maximum atomic E-state index is 12.4. The summed E-state index contributed by atoms with van der Waals surface area (Å²) in [7, 11) is 1.27. The Bertz CT molecular complexity index is 865. The zero-order valence-electron chi connectivity index (χ0n) is 15.7. The molecule has 1 aromatic heterocycles. The lowest BCUT2D eigenvalue weighted by molar-refractivity contribution is -0.146. The summed E-state index contributed by atoms with van der Waals surface area (Å²) in [4.78, 5) is 42.2. The van der Waals surface area contributed by atoms with Gasteiger partial charge in [0.05, 0.1) is 25.8 Å². The van der Waals surface area contributed by atoms with Gasteiger partial charge in [0.25, 0.3) is 0 Å². The molecule has 2 aromatic rings. The predicted octanol–water partition coefficient (Wildman–Crippen LogP) is 1.42. The molecule has 1 saturated heterocycles. The first-order valence-electron chi connectivity index (χ1n) is 8.87. The molecule has 2 N–H and O–H groups in total. The summed E-state index contributed by atoms with van der Waals surface area (Å²) in [6.45, 7) is 2.92. The van der Waals surface area contributed by atoms with Gasteiger partial charge in [-0.3, -0.25) is 19.3 Å². The van der Waals surface area contributed by atoms with Crippen molar-refractivity contribution in [2.45, 2.75) is 19.4 Å².